The van der Waals surface area contributed by atoms with Gasteiger partial charge in [-0.05, 0) is 49.4 Å². The maximum Gasteiger partial charge on any atom is 0.472 e. The molecule has 0 aromatic rings. The van der Waals surface area contributed by atoms with E-state index in [1.54, 1.807) is 0 Å². The topological polar surface area (TPSA) is 237 Å². The van der Waals surface area contributed by atoms with Crippen molar-refractivity contribution in [2.24, 2.45) is 23.7 Å². The number of unbranched alkanes of at least 4 members (excludes halogenated alkanes) is 27. The van der Waals surface area contributed by atoms with Crippen molar-refractivity contribution in [1.82, 2.24) is 0 Å². The summed E-state index contributed by atoms with van der Waals surface area (Å²) in [5.74, 6) is 0.813. The number of ether oxygens (including phenoxy) is 4. The van der Waals surface area contributed by atoms with Crippen LogP contribution in [0.15, 0.2) is 0 Å². The summed E-state index contributed by atoms with van der Waals surface area (Å²) in [5, 5.41) is 10.6. The van der Waals surface area contributed by atoms with Crippen molar-refractivity contribution >= 4 is 39.5 Å². The average Bonchev–Trinajstić information content (AvgIpc) is 3.56. The van der Waals surface area contributed by atoms with E-state index in [2.05, 4.69) is 55.4 Å². The van der Waals surface area contributed by atoms with Gasteiger partial charge in [-0.1, -0.05) is 267 Å². The Morgan fingerprint density at radius 2 is 0.565 bits per heavy atom. The summed E-state index contributed by atoms with van der Waals surface area (Å²) in [5.41, 5.74) is 0. The Balaban J connectivity index is 5.27. The number of aliphatic hydroxyl groups is 1. The number of carbonyl (C=O) groups is 4. The van der Waals surface area contributed by atoms with Crippen LogP contribution in [-0.2, 0) is 65.4 Å². The van der Waals surface area contributed by atoms with Crippen LogP contribution < -0.4 is 0 Å². The van der Waals surface area contributed by atoms with Gasteiger partial charge in [-0.25, -0.2) is 9.13 Å². The predicted molar refractivity (Wildman–Crippen MR) is 340 cm³/mol. The number of phosphoric acid groups is 2. The first-order valence-electron chi connectivity index (χ1n) is 34.3. The van der Waals surface area contributed by atoms with Crippen LogP contribution in [-0.4, -0.2) is 96.7 Å². The number of esters is 4. The molecule has 0 aromatic heterocycles. The fourth-order valence-electron chi connectivity index (χ4n) is 9.72. The Hall–Kier alpha value is -1.94. The van der Waals surface area contributed by atoms with E-state index in [-0.39, 0.29) is 25.7 Å². The van der Waals surface area contributed by atoms with Gasteiger partial charge in [0.25, 0.3) is 0 Å². The molecule has 0 rings (SSSR count). The Morgan fingerprint density at radius 1 is 0.329 bits per heavy atom. The Bertz CT molecular complexity index is 1700. The normalized spacial score (nSPS) is 15.0. The van der Waals surface area contributed by atoms with Gasteiger partial charge >= 0.3 is 39.5 Å². The second-order valence-electron chi connectivity index (χ2n) is 25.3. The molecule has 0 aliphatic heterocycles. The number of rotatable bonds is 63. The summed E-state index contributed by atoms with van der Waals surface area (Å²) < 4.78 is 68.1. The first-order valence-corrected chi connectivity index (χ1v) is 37.3. The summed E-state index contributed by atoms with van der Waals surface area (Å²) in [7, 11) is -9.89. The predicted octanol–water partition coefficient (Wildman–Crippen LogP) is 18.1. The fourth-order valence-corrected chi connectivity index (χ4v) is 11.3. The molecule has 504 valence electrons. The summed E-state index contributed by atoms with van der Waals surface area (Å²) >= 11 is 0. The van der Waals surface area contributed by atoms with Crippen LogP contribution in [0.1, 0.15) is 319 Å². The Labute approximate surface area is 517 Å². The molecule has 85 heavy (non-hydrogen) atoms. The fraction of sp³-hybridized carbons (Fsp3) is 0.939. The molecule has 17 nitrogen and oxygen atoms in total. The van der Waals surface area contributed by atoms with E-state index < -0.39 is 97.5 Å². The standard InChI is InChI=1S/C66H128O17P2/c1-9-58(7)44-36-28-22-24-30-38-46-63(68)76-52-61(82-65(70)48-40-32-20-16-12-11-14-18-26-34-42-56(3)4)54-80-84(72,73)78-50-60(67)51-79-85(74,75)81-55-62(53-77-64(69)47-39-31-25-23-29-37-45-59(8)10-2)83-66(71)49-41-33-21-17-13-15-19-27-35-43-57(5)6/h56-62,67H,9-55H2,1-8H3,(H,72,73)(H,74,75)/t58?,59?,60-,61+,62+/m0/s1. The number of hydrogen-bond donors (Lipinski definition) is 3. The van der Waals surface area contributed by atoms with E-state index >= 15 is 0 Å². The maximum atomic E-state index is 13.0. The van der Waals surface area contributed by atoms with Crippen LogP contribution >= 0.6 is 15.6 Å². The highest BCUT2D eigenvalue weighted by molar-refractivity contribution is 7.47. The SMILES string of the molecule is CCC(C)CCCCCCCCC(=O)OC[C@H](COP(=O)(O)OC[C@H](O)COP(=O)(O)OC[C@@H](COC(=O)CCCCCCCCC(C)CC)OC(=O)CCCCCCCCCCCC(C)C)OC(=O)CCCCCCCCCCCCC(C)C. The molecular weight excluding hydrogens is 1130 g/mol. The van der Waals surface area contributed by atoms with Crippen LogP contribution in [0.5, 0.6) is 0 Å². The minimum atomic E-state index is -4.95. The zero-order valence-electron chi connectivity index (χ0n) is 55.2. The van der Waals surface area contributed by atoms with Gasteiger partial charge in [0.15, 0.2) is 12.2 Å². The van der Waals surface area contributed by atoms with Crippen LogP contribution in [0.25, 0.3) is 0 Å². The van der Waals surface area contributed by atoms with Gasteiger partial charge in [0, 0.05) is 25.7 Å². The van der Waals surface area contributed by atoms with Crippen molar-refractivity contribution in [2.75, 3.05) is 39.6 Å². The molecule has 0 bridgehead atoms. The highest BCUT2D eigenvalue weighted by atomic mass is 31.2. The Kier molecular flexibility index (Phi) is 54.8. The summed E-state index contributed by atoms with van der Waals surface area (Å²) in [6.45, 7) is 14.0. The van der Waals surface area contributed by atoms with Gasteiger partial charge in [0.1, 0.15) is 19.3 Å². The first kappa shape index (κ1) is 83.1. The van der Waals surface area contributed by atoms with Crippen molar-refractivity contribution in [3.63, 3.8) is 0 Å². The van der Waals surface area contributed by atoms with Crippen molar-refractivity contribution in [3.05, 3.63) is 0 Å². The third-order valence-corrected chi connectivity index (χ3v) is 17.7. The van der Waals surface area contributed by atoms with Crippen molar-refractivity contribution in [2.45, 2.75) is 337 Å². The molecule has 0 aliphatic rings. The monoisotopic (exact) mass is 1250 g/mol. The van der Waals surface area contributed by atoms with E-state index in [0.717, 1.165) is 126 Å². The molecule has 0 saturated carbocycles. The third kappa shape index (κ3) is 58.2. The van der Waals surface area contributed by atoms with E-state index in [0.29, 0.717) is 25.7 Å². The van der Waals surface area contributed by atoms with E-state index in [9.17, 15) is 43.2 Å². The van der Waals surface area contributed by atoms with Gasteiger partial charge in [0.2, 0.25) is 0 Å². The summed E-state index contributed by atoms with van der Waals surface area (Å²) in [4.78, 5) is 72.3. The maximum absolute atomic E-state index is 13.0. The number of phosphoric ester groups is 2. The zero-order chi connectivity index (χ0) is 63.2. The molecule has 0 saturated heterocycles. The molecule has 19 heteroatoms. The number of carbonyl (C=O) groups excluding carboxylic acids is 4. The second kappa shape index (κ2) is 56.1. The molecule has 0 fully saturated rings. The summed E-state index contributed by atoms with van der Waals surface area (Å²) in [6.07, 6.45) is 36.2. The van der Waals surface area contributed by atoms with E-state index in [1.165, 1.54) is 109 Å². The highest BCUT2D eigenvalue weighted by Crippen LogP contribution is 2.45. The number of hydrogen-bond acceptors (Lipinski definition) is 15. The van der Waals surface area contributed by atoms with Crippen LogP contribution in [0.3, 0.4) is 0 Å². The minimum Gasteiger partial charge on any atom is -0.462 e. The summed E-state index contributed by atoms with van der Waals surface area (Å²) in [6, 6.07) is 0. The van der Waals surface area contributed by atoms with Gasteiger partial charge < -0.3 is 33.8 Å². The molecule has 0 heterocycles. The van der Waals surface area contributed by atoms with Gasteiger partial charge in [-0.2, -0.15) is 0 Å². The average molecular weight is 1260 g/mol. The van der Waals surface area contributed by atoms with Crippen LogP contribution in [0, 0.1) is 23.7 Å². The molecule has 0 spiro atoms. The lowest BCUT2D eigenvalue weighted by atomic mass is 10.00. The molecule has 0 radical (unpaired) electrons. The van der Waals surface area contributed by atoms with Gasteiger partial charge in [-0.3, -0.25) is 37.3 Å². The van der Waals surface area contributed by atoms with Crippen molar-refractivity contribution in [3.8, 4) is 0 Å². The lowest BCUT2D eigenvalue weighted by molar-refractivity contribution is -0.161. The molecule has 3 N–H and O–H groups in total. The lowest BCUT2D eigenvalue weighted by Crippen LogP contribution is -2.30. The molecule has 7 atom stereocenters. The van der Waals surface area contributed by atoms with Gasteiger partial charge in [-0.15, -0.1) is 0 Å². The van der Waals surface area contributed by atoms with Crippen LogP contribution in [0.2, 0.25) is 0 Å². The third-order valence-electron chi connectivity index (χ3n) is 15.8. The van der Waals surface area contributed by atoms with E-state index in [4.69, 9.17) is 37.0 Å². The molecule has 0 aromatic carbocycles. The second-order valence-corrected chi connectivity index (χ2v) is 28.2. The molecule has 4 unspecified atom stereocenters. The number of aliphatic hydroxyl groups excluding tert-OH is 1. The quantitative estimate of drug-likeness (QED) is 0.0222. The first-order chi connectivity index (χ1) is 40.7. The largest absolute Gasteiger partial charge is 0.472 e. The van der Waals surface area contributed by atoms with Gasteiger partial charge in [0.05, 0.1) is 26.4 Å². The molecular formula is C66H128O17P2. The van der Waals surface area contributed by atoms with E-state index in [1.807, 2.05) is 0 Å². The van der Waals surface area contributed by atoms with Crippen LogP contribution in [0.4, 0.5) is 0 Å². The smallest absolute Gasteiger partial charge is 0.462 e. The van der Waals surface area contributed by atoms with Crippen molar-refractivity contribution < 1.29 is 80.2 Å². The molecule has 0 aliphatic carbocycles. The lowest BCUT2D eigenvalue weighted by Gasteiger charge is -2.21. The molecule has 0 amide bonds. The Morgan fingerprint density at radius 3 is 0.835 bits per heavy atom. The highest BCUT2D eigenvalue weighted by Gasteiger charge is 2.30. The minimum absolute atomic E-state index is 0.104. The van der Waals surface area contributed by atoms with Crippen molar-refractivity contribution in [1.29, 1.82) is 0 Å². The zero-order valence-corrected chi connectivity index (χ0v) is 57.0.